The third-order valence-corrected chi connectivity index (χ3v) is 6.41. The highest BCUT2D eigenvalue weighted by Crippen LogP contribution is 2.39. The van der Waals surface area contributed by atoms with Crippen LogP contribution >= 0.6 is 0 Å². The van der Waals surface area contributed by atoms with Crippen molar-refractivity contribution in [3.8, 4) is 0 Å². The lowest BCUT2D eigenvalue weighted by Crippen LogP contribution is -2.51. The molecule has 1 aliphatic carbocycles. The number of para-hydroxylation sites is 1. The maximum absolute atomic E-state index is 13.5. The number of hydrogen-bond acceptors (Lipinski definition) is 4. The van der Waals surface area contributed by atoms with E-state index in [0.29, 0.717) is 12.6 Å². The van der Waals surface area contributed by atoms with Crippen LogP contribution in [0.25, 0.3) is 0 Å². The Balaban J connectivity index is 1.34. The van der Waals surface area contributed by atoms with Crippen LogP contribution in [-0.2, 0) is 22.4 Å². The van der Waals surface area contributed by atoms with Crippen molar-refractivity contribution < 1.29 is 9.53 Å². The second-order valence-electron chi connectivity index (χ2n) is 8.62. The van der Waals surface area contributed by atoms with Gasteiger partial charge in [0.15, 0.2) is 6.10 Å². The van der Waals surface area contributed by atoms with Crippen LogP contribution in [0.5, 0.6) is 0 Å². The van der Waals surface area contributed by atoms with Crippen LogP contribution < -0.4 is 5.32 Å². The molecule has 2 fully saturated rings. The SMILES string of the molecule is O=C(Nc1ccccc1CCc1ccncc1)C1OCCN(C2CC2)C1c1ccccc1. The number of pyridine rings is 1. The number of amides is 1. The van der Waals surface area contributed by atoms with E-state index in [9.17, 15) is 4.79 Å². The van der Waals surface area contributed by atoms with E-state index in [1.54, 1.807) is 0 Å². The number of hydrogen-bond donors (Lipinski definition) is 1. The van der Waals surface area contributed by atoms with Crippen molar-refractivity contribution >= 4 is 11.6 Å². The molecule has 3 aromatic rings. The first kappa shape index (κ1) is 20.9. The summed E-state index contributed by atoms with van der Waals surface area (Å²) in [6.07, 6.45) is 7.27. The van der Waals surface area contributed by atoms with Crippen molar-refractivity contribution in [2.24, 2.45) is 0 Å². The third-order valence-electron chi connectivity index (χ3n) is 6.41. The predicted molar refractivity (Wildman–Crippen MR) is 125 cm³/mol. The van der Waals surface area contributed by atoms with Gasteiger partial charge in [-0.2, -0.15) is 0 Å². The van der Waals surface area contributed by atoms with Gasteiger partial charge in [0, 0.05) is 30.7 Å². The first-order chi connectivity index (χ1) is 15.8. The largest absolute Gasteiger partial charge is 0.365 e. The van der Waals surface area contributed by atoms with Gasteiger partial charge < -0.3 is 10.1 Å². The fraction of sp³-hybridized carbons (Fsp3) is 0.333. The molecule has 1 aliphatic heterocycles. The molecule has 1 amide bonds. The Kier molecular flexibility index (Phi) is 6.28. The van der Waals surface area contributed by atoms with Crippen molar-refractivity contribution in [1.29, 1.82) is 0 Å². The molecule has 5 heteroatoms. The molecule has 2 atom stereocenters. The number of nitrogens with one attached hydrogen (secondary N) is 1. The summed E-state index contributed by atoms with van der Waals surface area (Å²) < 4.78 is 6.10. The zero-order valence-corrected chi connectivity index (χ0v) is 18.2. The van der Waals surface area contributed by atoms with Crippen molar-refractivity contribution in [3.05, 3.63) is 95.8 Å². The maximum Gasteiger partial charge on any atom is 0.255 e. The lowest BCUT2D eigenvalue weighted by Gasteiger charge is -2.41. The van der Waals surface area contributed by atoms with Crippen molar-refractivity contribution in [3.63, 3.8) is 0 Å². The Hall–Kier alpha value is -3.02. The van der Waals surface area contributed by atoms with Gasteiger partial charge in [0.2, 0.25) is 0 Å². The normalized spacial score (nSPS) is 21.2. The van der Waals surface area contributed by atoms with Crippen molar-refractivity contribution in [1.82, 2.24) is 9.88 Å². The number of carbonyl (C=O) groups excluding carboxylic acids is 1. The van der Waals surface area contributed by atoms with Gasteiger partial charge in [-0.3, -0.25) is 14.7 Å². The molecular weight excluding hydrogens is 398 g/mol. The van der Waals surface area contributed by atoms with E-state index in [0.717, 1.165) is 36.2 Å². The summed E-state index contributed by atoms with van der Waals surface area (Å²) in [4.78, 5) is 20.1. The van der Waals surface area contributed by atoms with E-state index >= 15 is 0 Å². The zero-order valence-electron chi connectivity index (χ0n) is 18.2. The first-order valence-electron chi connectivity index (χ1n) is 11.5. The molecule has 1 saturated carbocycles. The van der Waals surface area contributed by atoms with Crippen LogP contribution in [0.2, 0.25) is 0 Å². The molecule has 5 nitrogen and oxygen atoms in total. The monoisotopic (exact) mass is 427 g/mol. The minimum absolute atomic E-state index is 0.0542. The molecule has 0 radical (unpaired) electrons. The number of nitrogens with zero attached hydrogens (tertiary/aromatic N) is 2. The summed E-state index contributed by atoms with van der Waals surface area (Å²) in [7, 11) is 0. The van der Waals surface area contributed by atoms with Gasteiger partial charge in [-0.15, -0.1) is 0 Å². The molecule has 2 heterocycles. The molecule has 0 spiro atoms. The van der Waals surface area contributed by atoms with Gasteiger partial charge in [-0.25, -0.2) is 0 Å². The maximum atomic E-state index is 13.5. The minimum Gasteiger partial charge on any atom is -0.365 e. The Morgan fingerprint density at radius 1 is 0.969 bits per heavy atom. The Morgan fingerprint density at radius 2 is 1.72 bits per heavy atom. The number of aryl methyl sites for hydroxylation is 2. The smallest absolute Gasteiger partial charge is 0.255 e. The van der Waals surface area contributed by atoms with E-state index in [-0.39, 0.29) is 11.9 Å². The van der Waals surface area contributed by atoms with Gasteiger partial charge in [0.05, 0.1) is 12.6 Å². The molecule has 1 N–H and O–H groups in total. The van der Waals surface area contributed by atoms with Crippen LogP contribution in [-0.4, -0.2) is 41.1 Å². The van der Waals surface area contributed by atoms with Crippen LogP contribution in [0.4, 0.5) is 5.69 Å². The van der Waals surface area contributed by atoms with Gasteiger partial charge in [-0.05, 0) is 60.6 Å². The van der Waals surface area contributed by atoms with Crippen LogP contribution in [0.3, 0.4) is 0 Å². The number of anilines is 1. The fourth-order valence-corrected chi connectivity index (χ4v) is 4.63. The summed E-state index contributed by atoms with van der Waals surface area (Å²) in [5.41, 5.74) is 4.38. The third kappa shape index (κ3) is 4.74. The number of carbonyl (C=O) groups is 1. The number of ether oxygens (including phenoxy) is 1. The first-order valence-corrected chi connectivity index (χ1v) is 11.5. The molecule has 32 heavy (non-hydrogen) atoms. The van der Waals surface area contributed by atoms with E-state index in [1.165, 1.54) is 18.4 Å². The molecular formula is C27H29N3O2. The summed E-state index contributed by atoms with van der Waals surface area (Å²) in [6, 6.07) is 23.0. The fourth-order valence-electron chi connectivity index (χ4n) is 4.63. The summed E-state index contributed by atoms with van der Waals surface area (Å²) >= 11 is 0. The second kappa shape index (κ2) is 9.63. The lowest BCUT2D eigenvalue weighted by molar-refractivity contribution is -0.141. The highest BCUT2D eigenvalue weighted by Gasteiger charge is 2.44. The molecule has 1 aromatic heterocycles. The molecule has 164 valence electrons. The van der Waals surface area contributed by atoms with Crippen molar-refractivity contribution in [2.45, 2.75) is 43.9 Å². The molecule has 1 saturated heterocycles. The Morgan fingerprint density at radius 3 is 2.50 bits per heavy atom. The average Bonchev–Trinajstić information content (AvgIpc) is 3.70. The van der Waals surface area contributed by atoms with Gasteiger partial charge in [0.25, 0.3) is 5.91 Å². The van der Waals surface area contributed by atoms with Gasteiger partial charge >= 0.3 is 0 Å². The Labute approximate surface area is 189 Å². The van der Waals surface area contributed by atoms with Crippen LogP contribution in [0.15, 0.2) is 79.1 Å². The molecule has 2 aromatic carbocycles. The van der Waals surface area contributed by atoms with Crippen molar-refractivity contribution in [2.75, 3.05) is 18.5 Å². The van der Waals surface area contributed by atoms with Crippen LogP contribution in [0.1, 0.15) is 35.6 Å². The van der Waals surface area contributed by atoms with E-state index in [1.807, 2.05) is 60.9 Å². The number of morpholine rings is 1. The summed E-state index contributed by atoms with van der Waals surface area (Å²) in [6.45, 7) is 1.46. The predicted octanol–water partition coefficient (Wildman–Crippen LogP) is 4.41. The number of rotatable bonds is 7. The van der Waals surface area contributed by atoms with E-state index in [2.05, 4.69) is 33.4 Å². The summed E-state index contributed by atoms with van der Waals surface area (Å²) in [5.74, 6) is -0.0689. The average molecular weight is 428 g/mol. The molecule has 2 aliphatic rings. The van der Waals surface area contributed by atoms with Gasteiger partial charge in [-0.1, -0.05) is 48.5 Å². The van der Waals surface area contributed by atoms with E-state index < -0.39 is 6.10 Å². The molecule has 5 rings (SSSR count). The topological polar surface area (TPSA) is 54.5 Å². The van der Waals surface area contributed by atoms with Crippen LogP contribution in [0, 0.1) is 0 Å². The second-order valence-corrected chi connectivity index (χ2v) is 8.62. The number of aromatic nitrogens is 1. The highest BCUT2D eigenvalue weighted by molar-refractivity contribution is 5.95. The van der Waals surface area contributed by atoms with E-state index in [4.69, 9.17) is 4.74 Å². The quantitative estimate of drug-likeness (QED) is 0.607. The minimum atomic E-state index is -0.528. The molecule has 0 bridgehead atoms. The summed E-state index contributed by atoms with van der Waals surface area (Å²) in [5, 5.41) is 3.19. The standard InChI is InChI=1S/C27H29N3O2/c31-27(29-24-9-5-4-6-21(24)11-10-20-14-16-28-17-15-20)26-25(22-7-2-1-3-8-22)30(18-19-32-26)23-12-13-23/h1-9,14-17,23,25-26H,10-13,18-19H2,(H,29,31). The lowest BCUT2D eigenvalue weighted by atomic mass is 9.96. The highest BCUT2D eigenvalue weighted by atomic mass is 16.5. The Bertz CT molecular complexity index is 1040. The van der Waals surface area contributed by atoms with Gasteiger partial charge in [0.1, 0.15) is 0 Å². The number of benzene rings is 2. The zero-order chi connectivity index (χ0) is 21.8. The molecule has 2 unspecified atom stereocenters.